The van der Waals surface area contributed by atoms with Crippen molar-refractivity contribution in [3.8, 4) is 0 Å². The van der Waals surface area contributed by atoms with Crippen LogP contribution in [-0.4, -0.2) is 15.5 Å². The lowest BCUT2D eigenvalue weighted by atomic mass is 10.2. The Bertz CT molecular complexity index is 774. The van der Waals surface area contributed by atoms with Gasteiger partial charge in [0.15, 0.2) is 0 Å². The molecule has 0 bridgehead atoms. The molecule has 0 aliphatic heterocycles. The highest BCUT2D eigenvalue weighted by Gasteiger charge is 2.31. The Morgan fingerprint density at radius 3 is 2.18 bits per heavy atom. The van der Waals surface area contributed by atoms with E-state index in [2.05, 4.69) is 10.0 Å². The number of halogens is 3. The van der Waals surface area contributed by atoms with Crippen LogP contribution in [0, 0.1) is 0 Å². The minimum Gasteiger partial charge on any atom is -0.386 e. The highest BCUT2D eigenvalue weighted by atomic mass is 32.2. The summed E-state index contributed by atoms with van der Waals surface area (Å²) >= 11 is 0. The summed E-state index contributed by atoms with van der Waals surface area (Å²) < 4.78 is 64.8. The third-order valence-corrected chi connectivity index (χ3v) is 4.28. The quantitative estimate of drug-likeness (QED) is 0.901. The normalized spacial score (nSPS) is 12.0. The molecule has 2 aromatic carbocycles. The lowest BCUT2D eigenvalue weighted by Crippen LogP contribution is -2.15. The standard InChI is InChI=1S/C14H13F3N2O2S/c1-18-12-7-2-3-8-13(12)19-22(20,21)11-6-4-5-10(9-11)14(15,16)17/h2-9,18-19H,1H3. The van der Waals surface area contributed by atoms with Crippen molar-refractivity contribution in [3.63, 3.8) is 0 Å². The van der Waals surface area contributed by atoms with Crippen LogP contribution in [0.25, 0.3) is 0 Å². The molecule has 2 rings (SSSR count). The molecule has 0 aromatic heterocycles. The summed E-state index contributed by atoms with van der Waals surface area (Å²) in [6.07, 6.45) is -4.60. The molecular weight excluding hydrogens is 317 g/mol. The summed E-state index contributed by atoms with van der Waals surface area (Å²) in [4.78, 5) is -0.451. The number of alkyl halides is 3. The van der Waals surface area contributed by atoms with Crippen LogP contribution >= 0.6 is 0 Å². The van der Waals surface area contributed by atoms with E-state index in [1.54, 1.807) is 25.2 Å². The maximum atomic E-state index is 12.7. The predicted molar refractivity (Wildman–Crippen MR) is 78.2 cm³/mol. The number of benzene rings is 2. The van der Waals surface area contributed by atoms with E-state index in [-0.39, 0.29) is 5.69 Å². The molecule has 0 radical (unpaired) electrons. The first-order valence-corrected chi connectivity index (χ1v) is 7.69. The van der Waals surface area contributed by atoms with Crippen molar-refractivity contribution in [2.45, 2.75) is 11.1 Å². The average Bonchev–Trinajstić information content (AvgIpc) is 2.47. The second-order valence-corrected chi connectivity index (χ2v) is 6.11. The summed E-state index contributed by atoms with van der Waals surface area (Å²) in [6, 6.07) is 10.1. The zero-order valence-corrected chi connectivity index (χ0v) is 12.3. The van der Waals surface area contributed by atoms with Crippen LogP contribution in [0.15, 0.2) is 53.4 Å². The van der Waals surface area contributed by atoms with E-state index in [4.69, 9.17) is 0 Å². The largest absolute Gasteiger partial charge is 0.416 e. The number of rotatable bonds is 4. The summed E-state index contributed by atoms with van der Waals surface area (Å²) in [6.45, 7) is 0. The van der Waals surface area contributed by atoms with Crippen molar-refractivity contribution in [1.82, 2.24) is 0 Å². The molecule has 0 unspecified atom stereocenters. The van der Waals surface area contributed by atoms with E-state index in [0.717, 1.165) is 18.2 Å². The van der Waals surface area contributed by atoms with Crippen LogP contribution in [0.4, 0.5) is 24.5 Å². The van der Waals surface area contributed by atoms with Crippen LogP contribution in [0.3, 0.4) is 0 Å². The van der Waals surface area contributed by atoms with Crippen molar-refractivity contribution in [3.05, 3.63) is 54.1 Å². The van der Waals surface area contributed by atoms with Crippen molar-refractivity contribution in [2.24, 2.45) is 0 Å². The minimum atomic E-state index is -4.60. The zero-order valence-electron chi connectivity index (χ0n) is 11.5. The fourth-order valence-corrected chi connectivity index (χ4v) is 2.96. The van der Waals surface area contributed by atoms with Gasteiger partial charge in [0, 0.05) is 7.05 Å². The van der Waals surface area contributed by atoms with E-state index in [9.17, 15) is 21.6 Å². The SMILES string of the molecule is CNc1ccccc1NS(=O)(=O)c1cccc(C(F)(F)F)c1. The molecule has 0 spiro atoms. The molecule has 22 heavy (non-hydrogen) atoms. The Morgan fingerprint density at radius 1 is 0.955 bits per heavy atom. The fraction of sp³-hybridized carbons (Fsp3) is 0.143. The summed E-state index contributed by atoms with van der Waals surface area (Å²) in [5.74, 6) is 0. The maximum Gasteiger partial charge on any atom is 0.416 e. The van der Waals surface area contributed by atoms with Gasteiger partial charge in [-0.3, -0.25) is 4.72 Å². The van der Waals surface area contributed by atoms with Crippen LogP contribution in [-0.2, 0) is 16.2 Å². The van der Waals surface area contributed by atoms with Gasteiger partial charge < -0.3 is 5.32 Å². The van der Waals surface area contributed by atoms with E-state index < -0.39 is 26.7 Å². The molecule has 0 aliphatic carbocycles. The van der Waals surface area contributed by atoms with E-state index >= 15 is 0 Å². The molecule has 0 amide bonds. The summed E-state index contributed by atoms with van der Waals surface area (Å²) in [5, 5.41) is 2.80. The lowest BCUT2D eigenvalue weighted by molar-refractivity contribution is -0.137. The van der Waals surface area contributed by atoms with Crippen molar-refractivity contribution < 1.29 is 21.6 Å². The monoisotopic (exact) mass is 330 g/mol. The number of nitrogens with one attached hydrogen (secondary N) is 2. The van der Waals surface area contributed by atoms with Gasteiger partial charge in [0.25, 0.3) is 10.0 Å². The van der Waals surface area contributed by atoms with Crippen LogP contribution in [0.2, 0.25) is 0 Å². The van der Waals surface area contributed by atoms with Gasteiger partial charge in [-0.25, -0.2) is 8.42 Å². The molecule has 0 saturated carbocycles. The second kappa shape index (κ2) is 5.88. The molecule has 118 valence electrons. The van der Waals surface area contributed by atoms with Crippen LogP contribution in [0.1, 0.15) is 5.56 Å². The van der Waals surface area contributed by atoms with Gasteiger partial charge in [0.05, 0.1) is 21.8 Å². The summed E-state index contributed by atoms with van der Waals surface area (Å²) in [7, 11) is -2.51. The fourth-order valence-electron chi connectivity index (χ4n) is 1.83. The van der Waals surface area contributed by atoms with Gasteiger partial charge in [-0.1, -0.05) is 18.2 Å². The highest BCUT2D eigenvalue weighted by molar-refractivity contribution is 7.92. The third-order valence-electron chi connectivity index (χ3n) is 2.91. The first-order chi connectivity index (χ1) is 10.2. The number of hydrogen-bond donors (Lipinski definition) is 2. The molecule has 0 heterocycles. The van der Waals surface area contributed by atoms with Gasteiger partial charge in [-0.15, -0.1) is 0 Å². The number of para-hydroxylation sites is 2. The van der Waals surface area contributed by atoms with Gasteiger partial charge in [0.1, 0.15) is 0 Å². The molecule has 4 nitrogen and oxygen atoms in total. The Morgan fingerprint density at radius 2 is 1.59 bits per heavy atom. The maximum absolute atomic E-state index is 12.7. The highest BCUT2D eigenvalue weighted by Crippen LogP contribution is 2.31. The van der Waals surface area contributed by atoms with Crippen molar-refractivity contribution in [1.29, 1.82) is 0 Å². The van der Waals surface area contributed by atoms with Gasteiger partial charge in [-0.2, -0.15) is 13.2 Å². The third kappa shape index (κ3) is 3.51. The Labute approximate surface area is 126 Å². The Balaban J connectivity index is 2.39. The van der Waals surface area contributed by atoms with E-state index in [0.29, 0.717) is 11.8 Å². The van der Waals surface area contributed by atoms with E-state index in [1.807, 2.05) is 0 Å². The number of anilines is 2. The zero-order chi connectivity index (χ0) is 16.4. The molecule has 2 N–H and O–H groups in total. The number of hydrogen-bond acceptors (Lipinski definition) is 3. The molecule has 0 saturated heterocycles. The number of sulfonamides is 1. The lowest BCUT2D eigenvalue weighted by Gasteiger charge is -2.13. The van der Waals surface area contributed by atoms with Crippen molar-refractivity contribution >= 4 is 21.4 Å². The molecule has 0 aliphatic rings. The average molecular weight is 330 g/mol. The Kier molecular flexibility index (Phi) is 4.32. The van der Waals surface area contributed by atoms with E-state index in [1.165, 1.54) is 6.07 Å². The van der Waals surface area contributed by atoms with Crippen LogP contribution < -0.4 is 10.0 Å². The second-order valence-electron chi connectivity index (χ2n) is 4.43. The van der Waals surface area contributed by atoms with Gasteiger partial charge >= 0.3 is 6.18 Å². The Hall–Kier alpha value is -2.22. The van der Waals surface area contributed by atoms with Gasteiger partial charge in [-0.05, 0) is 30.3 Å². The smallest absolute Gasteiger partial charge is 0.386 e. The molecule has 0 fully saturated rings. The first kappa shape index (κ1) is 16.2. The molecule has 0 atom stereocenters. The molecule has 8 heteroatoms. The molecule has 2 aromatic rings. The molecular formula is C14H13F3N2O2S. The first-order valence-electron chi connectivity index (χ1n) is 6.21. The van der Waals surface area contributed by atoms with Gasteiger partial charge in [0.2, 0.25) is 0 Å². The minimum absolute atomic E-state index is 0.252. The van der Waals surface area contributed by atoms with Crippen molar-refractivity contribution in [2.75, 3.05) is 17.1 Å². The van der Waals surface area contributed by atoms with Crippen LogP contribution in [0.5, 0.6) is 0 Å². The predicted octanol–water partition coefficient (Wildman–Crippen LogP) is 3.55. The topological polar surface area (TPSA) is 58.2 Å². The summed E-state index contributed by atoms with van der Waals surface area (Å²) in [5.41, 5.74) is -0.252.